The fraction of sp³-hybridized carbons (Fsp3) is 0.105. The molecule has 0 saturated carbocycles. The lowest BCUT2D eigenvalue weighted by atomic mass is 10.2. The maximum absolute atomic E-state index is 13.6. The molecule has 1 aliphatic rings. The van der Waals surface area contributed by atoms with Crippen LogP contribution in [0.5, 0.6) is 11.5 Å². The Bertz CT molecular complexity index is 1230. The first-order chi connectivity index (χ1) is 13.7. The van der Waals surface area contributed by atoms with E-state index < -0.39 is 0 Å². The second-order valence-corrected chi connectivity index (χ2v) is 7.09. The maximum Gasteiger partial charge on any atom is 0.234 e. The molecule has 5 rings (SSSR count). The van der Waals surface area contributed by atoms with Gasteiger partial charge in [-0.25, -0.2) is 14.4 Å². The summed E-state index contributed by atoms with van der Waals surface area (Å²) < 4.78 is 24.1. The normalized spacial score (nSPS) is 12.6. The summed E-state index contributed by atoms with van der Waals surface area (Å²) in [4.78, 5) is 24.0. The summed E-state index contributed by atoms with van der Waals surface area (Å²) in [5.74, 6) is 0.908. The fourth-order valence-electron chi connectivity index (χ4n) is 3.06. The van der Waals surface area contributed by atoms with Gasteiger partial charge in [-0.15, -0.1) is 0 Å². The number of benzene rings is 2. The second-order valence-electron chi connectivity index (χ2n) is 6.12. The highest BCUT2D eigenvalue weighted by atomic mass is 32.2. The molecule has 140 valence electrons. The number of carbonyl (C=O) groups is 1. The van der Waals surface area contributed by atoms with Crippen LogP contribution in [0, 0.1) is 5.82 Å². The number of aromatic amines is 1. The van der Waals surface area contributed by atoms with E-state index in [0.717, 1.165) is 5.52 Å². The Morgan fingerprint density at radius 2 is 2.07 bits per heavy atom. The maximum atomic E-state index is 13.6. The zero-order valence-corrected chi connectivity index (χ0v) is 15.2. The lowest BCUT2D eigenvalue weighted by Crippen LogP contribution is -2.14. The summed E-state index contributed by atoms with van der Waals surface area (Å²) in [5.41, 5.74) is 2.71. The van der Waals surface area contributed by atoms with Crippen molar-refractivity contribution in [2.24, 2.45) is 0 Å². The Balaban J connectivity index is 1.34. The number of carbonyl (C=O) groups excluding carboxylic acids is 1. The van der Waals surface area contributed by atoms with Crippen LogP contribution in [0.25, 0.3) is 21.9 Å². The van der Waals surface area contributed by atoms with Crippen molar-refractivity contribution in [3.8, 4) is 11.5 Å². The summed E-state index contributed by atoms with van der Waals surface area (Å²) in [6.45, 7) is 0.181. The third-order valence-corrected chi connectivity index (χ3v) is 5.29. The van der Waals surface area contributed by atoms with Gasteiger partial charge in [0.25, 0.3) is 0 Å². The first-order valence-electron chi connectivity index (χ1n) is 8.41. The van der Waals surface area contributed by atoms with Gasteiger partial charge in [-0.05, 0) is 30.3 Å². The number of nitrogens with one attached hydrogen (secondary N) is 2. The fourth-order valence-corrected chi connectivity index (χ4v) is 3.81. The molecule has 0 spiro atoms. The summed E-state index contributed by atoms with van der Waals surface area (Å²) in [5, 5.41) is 4.14. The SMILES string of the molecule is O=C(CSc1ncnc2c1[nH]c1ccc(F)cc12)Nc1ccc2c(c1)OCO2. The molecule has 0 saturated heterocycles. The smallest absolute Gasteiger partial charge is 0.234 e. The van der Waals surface area contributed by atoms with Crippen molar-refractivity contribution in [1.29, 1.82) is 0 Å². The van der Waals surface area contributed by atoms with Crippen molar-refractivity contribution in [3.05, 3.63) is 48.5 Å². The molecule has 28 heavy (non-hydrogen) atoms. The van der Waals surface area contributed by atoms with Gasteiger partial charge in [0.2, 0.25) is 12.7 Å². The molecule has 2 aromatic heterocycles. The van der Waals surface area contributed by atoms with Crippen molar-refractivity contribution in [2.75, 3.05) is 17.9 Å². The average Bonchev–Trinajstić information content (AvgIpc) is 3.30. The molecule has 0 aliphatic carbocycles. The number of fused-ring (bicyclic) bond motifs is 4. The van der Waals surface area contributed by atoms with E-state index in [1.54, 1.807) is 24.3 Å². The van der Waals surface area contributed by atoms with Gasteiger partial charge in [0.15, 0.2) is 11.5 Å². The van der Waals surface area contributed by atoms with Crippen molar-refractivity contribution in [3.63, 3.8) is 0 Å². The topological polar surface area (TPSA) is 89.1 Å². The minimum absolute atomic E-state index is 0.157. The minimum atomic E-state index is -0.329. The Morgan fingerprint density at radius 1 is 1.18 bits per heavy atom. The Kier molecular flexibility index (Phi) is 4.01. The highest BCUT2D eigenvalue weighted by molar-refractivity contribution is 8.00. The summed E-state index contributed by atoms with van der Waals surface area (Å²) in [6.07, 6.45) is 1.42. The van der Waals surface area contributed by atoms with E-state index in [4.69, 9.17) is 9.47 Å². The van der Waals surface area contributed by atoms with Crippen LogP contribution < -0.4 is 14.8 Å². The number of amides is 1. The number of H-pyrrole nitrogens is 1. The monoisotopic (exact) mass is 396 g/mol. The molecule has 0 atom stereocenters. The predicted molar refractivity (Wildman–Crippen MR) is 103 cm³/mol. The van der Waals surface area contributed by atoms with Gasteiger partial charge in [-0.2, -0.15) is 0 Å². The molecular formula is C19H13FN4O3S. The molecule has 1 aliphatic heterocycles. The standard InChI is InChI=1S/C19H13FN4O3S/c20-10-1-3-13-12(5-10)17-18(24-13)19(22-8-21-17)28-7-16(25)23-11-2-4-14-15(6-11)27-9-26-14/h1-6,8,24H,7,9H2,(H,23,25). The molecule has 1 amide bonds. The van der Waals surface area contributed by atoms with E-state index in [1.807, 2.05) is 0 Å². The van der Waals surface area contributed by atoms with Crippen LogP contribution in [-0.4, -0.2) is 33.4 Å². The van der Waals surface area contributed by atoms with Crippen molar-refractivity contribution in [2.45, 2.75) is 5.03 Å². The minimum Gasteiger partial charge on any atom is -0.454 e. The van der Waals surface area contributed by atoms with E-state index in [0.29, 0.717) is 38.6 Å². The zero-order valence-electron chi connectivity index (χ0n) is 14.4. The van der Waals surface area contributed by atoms with Crippen LogP contribution in [0.1, 0.15) is 0 Å². The Labute approximate surface area is 162 Å². The average molecular weight is 396 g/mol. The van der Waals surface area contributed by atoms with Crippen molar-refractivity contribution in [1.82, 2.24) is 15.0 Å². The van der Waals surface area contributed by atoms with Gasteiger partial charge >= 0.3 is 0 Å². The zero-order chi connectivity index (χ0) is 19.1. The number of rotatable bonds is 4. The number of thioether (sulfide) groups is 1. The van der Waals surface area contributed by atoms with E-state index in [9.17, 15) is 9.18 Å². The molecule has 2 aromatic carbocycles. The van der Waals surface area contributed by atoms with E-state index in [2.05, 4.69) is 20.3 Å². The number of anilines is 1. The molecule has 0 radical (unpaired) electrons. The van der Waals surface area contributed by atoms with Gasteiger partial charge in [-0.3, -0.25) is 4.79 Å². The lowest BCUT2D eigenvalue weighted by Gasteiger charge is -2.06. The van der Waals surface area contributed by atoms with Gasteiger partial charge in [0, 0.05) is 22.7 Å². The second kappa shape index (κ2) is 6.68. The quantitative estimate of drug-likeness (QED) is 0.404. The van der Waals surface area contributed by atoms with Gasteiger partial charge in [0.05, 0.1) is 11.3 Å². The summed E-state index contributed by atoms with van der Waals surface area (Å²) in [7, 11) is 0. The number of ether oxygens (including phenoxy) is 2. The first-order valence-corrected chi connectivity index (χ1v) is 9.40. The van der Waals surface area contributed by atoms with E-state index in [1.165, 1.54) is 30.2 Å². The van der Waals surface area contributed by atoms with Crippen LogP contribution in [0.3, 0.4) is 0 Å². The third kappa shape index (κ3) is 2.99. The molecule has 3 heterocycles. The Morgan fingerprint density at radius 3 is 3.00 bits per heavy atom. The highest BCUT2D eigenvalue weighted by Gasteiger charge is 2.16. The van der Waals surface area contributed by atoms with Crippen LogP contribution in [0.4, 0.5) is 10.1 Å². The van der Waals surface area contributed by atoms with Gasteiger partial charge in [0.1, 0.15) is 22.7 Å². The van der Waals surface area contributed by atoms with Crippen LogP contribution in [0.15, 0.2) is 47.8 Å². The van der Waals surface area contributed by atoms with Crippen LogP contribution >= 0.6 is 11.8 Å². The molecule has 0 bridgehead atoms. The summed E-state index contributed by atoms with van der Waals surface area (Å²) in [6, 6.07) is 9.71. The van der Waals surface area contributed by atoms with Crippen molar-refractivity contribution >= 4 is 45.3 Å². The van der Waals surface area contributed by atoms with Crippen LogP contribution in [-0.2, 0) is 4.79 Å². The molecule has 2 N–H and O–H groups in total. The molecular weight excluding hydrogens is 383 g/mol. The molecule has 0 fully saturated rings. The van der Waals surface area contributed by atoms with Gasteiger partial charge in [-0.1, -0.05) is 11.8 Å². The first kappa shape index (κ1) is 16.8. The van der Waals surface area contributed by atoms with E-state index in [-0.39, 0.29) is 24.3 Å². The highest BCUT2D eigenvalue weighted by Crippen LogP contribution is 2.34. The number of hydrogen-bond donors (Lipinski definition) is 2. The number of halogens is 1. The van der Waals surface area contributed by atoms with Gasteiger partial charge < -0.3 is 19.8 Å². The molecule has 7 nitrogen and oxygen atoms in total. The molecule has 9 heteroatoms. The van der Waals surface area contributed by atoms with Crippen LogP contribution in [0.2, 0.25) is 0 Å². The third-order valence-electron chi connectivity index (χ3n) is 4.31. The predicted octanol–water partition coefficient (Wildman–Crippen LogP) is 3.71. The van der Waals surface area contributed by atoms with Crippen molar-refractivity contribution < 1.29 is 18.7 Å². The number of aromatic nitrogens is 3. The largest absolute Gasteiger partial charge is 0.454 e. The molecule has 4 aromatic rings. The number of nitrogens with zero attached hydrogens (tertiary/aromatic N) is 2. The lowest BCUT2D eigenvalue weighted by molar-refractivity contribution is -0.113. The Hall–Kier alpha value is -3.33. The van der Waals surface area contributed by atoms with E-state index >= 15 is 0 Å². The molecule has 0 unspecified atom stereocenters. The summed E-state index contributed by atoms with van der Waals surface area (Å²) >= 11 is 1.28. The number of hydrogen-bond acceptors (Lipinski definition) is 6.